The van der Waals surface area contributed by atoms with Crippen molar-refractivity contribution in [3.05, 3.63) is 67.8 Å². The summed E-state index contributed by atoms with van der Waals surface area (Å²) in [5, 5.41) is 3.81. The van der Waals surface area contributed by atoms with Gasteiger partial charge in [-0.1, -0.05) is 40.7 Å². The topological polar surface area (TPSA) is 112 Å². The van der Waals surface area contributed by atoms with E-state index in [9.17, 15) is 19.2 Å². The summed E-state index contributed by atoms with van der Waals surface area (Å²) in [7, 11) is 1.32. The molecule has 0 radical (unpaired) electrons. The van der Waals surface area contributed by atoms with Crippen LogP contribution in [-0.4, -0.2) is 31.4 Å². The first-order chi connectivity index (χ1) is 17.7. The smallest absolute Gasteiger partial charge is 0.351 e. The Labute approximate surface area is 222 Å². The van der Waals surface area contributed by atoms with Crippen LogP contribution in [0.15, 0.2) is 50.0 Å². The Bertz CT molecular complexity index is 1480. The molecule has 1 atom stereocenters. The van der Waals surface area contributed by atoms with Crippen molar-refractivity contribution in [3.63, 3.8) is 0 Å². The fourth-order valence-electron chi connectivity index (χ4n) is 5.48. The molecule has 1 aliphatic heterocycles. The molecular formula is C30H35NO7. The number of dihydropyridines is 1. The largest absolute Gasteiger partial charge is 0.466 e. The number of esters is 2. The van der Waals surface area contributed by atoms with Gasteiger partial charge in [-0.2, -0.15) is 0 Å². The summed E-state index contributed by atoms with van der Waals surface area (Å²) in [5.41, 5.74) is 2.35. The van der Waals surface area contributed by atoms with Crippen molar-refractivity contribution >= 4 is 28.7 Å². The van der Waals surface area contributed by atoms with Crippen LogP contribution in [0.5, 0.6) is 0 Å². The highest BCUT2D eigenvalue weighted by molar-refractivity contribution is 6.04. The van der Waals surface area contributed by atoms with E-state index >= 15 is 0 Å². The predicted octanol–water partition coefficient (Wildman–Crippen LogP) is 5.04. The normalized spacial score (nSPS) is 19.3. The second-order valence-corrected chi connectivity index (χ2v) is 11.8. The fraction of sp³-hybridized carbons (Fsp3) is 0.467. The van der Waals surface area contributed by atoms with Crippen LogP contribution in [0.1, 0.15) is 88.7 Å². The molecule has 0 spiro atoms. The molecule has 0 saturated heterocycles. The highest BCUT2D eigenvalue weighted by atomic mass is 16.5. The van der Waals surface area contributed by atoms with E-state index in [0.717, 1.165) is 5.70 Å². The monoisotopic (exact) mass is 521 g/mol. The molecule has 0 saturated carbocycles. The van der Waals surface area contributed by atoms with Crippen molar-refractivity contribution in [1.82, 2.24) is 5.32 Å². The maximum atomic E-state index is 13.6. The average Bonchev–Trinajstić information content (AvgIpc) is 2.80. The Morgan fingerprint density at radius 3 is 2.39 bits per heavy atom. The van der Waals surface area contributed by atoms with Crippen molar-refractivity contribution in [2.75, 3.05) is 13.7 Å². The molecule has 4 rings (SSSR count). The standard InChI is InChI=1S/C30H35NO7/c1-9-37-26(33)18-11-17-10-16(12-19(29(3,4)5)25(17)38-27(18)34)23-22(28(35)36-8)15(2)31-20-13-30(6,7)14-21(32)24(20)23/h10-12,23,31H,9,13-14H2,1-8H3. The SMILES string of the molecule is CCOC(=O)c1cc2cc(C3C(C(=O)OC)=C(C)NC4=C3C(=O)CC(C)(C)C4)cc(C(C)(C)C)c2oc1=O. The van der Waals surface area contributed by atoms with Gasteiger partial charge in [-0.3, -0.25) is 4.79 Å². The van der Waals surface area contributed by atoms with E-state index in [2.05, 4.69) is 5.32 Å². The first kappa shape index (κ1) is 27.4. The lowest BCUT2D eigenvalue weighted by Gasteiger charge is -2.39. The summed E-state index contributed by atoms with van der Waals surface area (Å²) in [6.45, 7) is 13.6. The molecule has 1 unspecified atom stereocenters. The van der Waals surface area contributed by atoms with Crippen LogP contribution in [0.3, 0.4) is 0 Å². The van der Waals surface area contributed by atoms with Gasteiger partial charge in [-0.05, 0) is 48.8 Å². The Kier molecular flexibility index (Phi) is 6.89. The molecule has 1 aromatic carbocycles. The minimum Gasteiger partial charge on any atom is -0.466 e. The molecule has 202 valence electrons. The van der Waals surface area contributed by atoms with E-state index in [-0.39, 0.29) is 23.4 Å². The number of ketones is 1. The lowest BCUT2D eigenvalue weighted by molar-refractivity contribution is -0.136. The number of Topliss-reactive ketones (excluding diaryl/α,β-unsaturated/α-hetero) is 1. The highest BCUT2D eigenvalue weighted by Crippen LogP contribution is 2.48. The van der Waals surface area contributed by atoms with E-state index < -0.39 is 28.9 Å². The first-order valence-electron chi connectivity index (χ1n) is 12.8. The van der Waals surface area contributed by atoms with Gasteiger partial charge in [0.1, 0.15) is 11.1 Å². The molecule has 1 aliphatic carbocycles. The summed E-state index contributed by atoms with van der Waals surface area (Å²) in [6, 6.07) is 5.13. The zero-order chi connectivity index (χ0) is 28.2. The minimum absolute atomic E-state index is 0.0353. The third kappa shape index (κ3) is 4.79. The molecule has 0 fully saturated rings. The van der Waals surface area contributed by atoms with Crippen LogP contribution in [0, 0.1) is 5.41 Å². The molecule has 0 bridgehead atoms. The van der Waals surface area contributed by atoms with E-state index in [1.807, 2.05) is 40.7 Å². The zero-order valence-electron chi connectivity index (χ0n) is 23.3. The number of fused-ring (bicyclic) bond motifs is 1. The Morgan fingerprint density at radius 2 is 1.79 bits per heavy atom. The van der Waals surface area contributed by atoms with Crippen LogP contribution in [0.25, 0.3) is 11.0 Å². The third-order valence-corrected chi connectivity index (χ3v) is 7.14. The van der Waals surface area contributed by atoms with E-state index in [1.165, 1.54) is 13.2 Å². The van der Waals surface area contributed by atoms with Gasteiger partial charge < -0.3 is 19.2 Å². The van der Waals surface area contributed by atoms with Gasteiger partial charge in [0, 0.05) is 40.3 Å². The van der Waals surface area contributed by atoms with Gasteiger partial charge >= 0.3 is 17.6 Å². The number of rotatable bonds is 4. The second-order valence-electron chi connectivity index (χ2n) is 11.8. The van der Waals surface area contributed by atoms with Gasteiger partial charge in [0.2, 0.25) is 0 Å². The predicted molar refractivity (Wildman–Crippen MR) is 143 cm³/mol. The number of hydrogen-bond acceptors (Lipinski definition) is 8. The summed E-state index contributed by atoms with van der Waals surface area (Å²) >= 11 is 0. The molecule has 2 heterocycles. The van der Waals surface area contributed by atoms with Gasteiger partial charge in [0.05, 0.1) is 19.3 Å². The maximum Gasteiger partial charge on any atom is 0.351 e. The molecule has 1 aromatic heterocycles. The summed E-state index contributed by atoms with van der Waals surface area (Å²) < 4.78 is 15.9. The number of benzene rings is 1. The number of allylic oxidation sites excluding steroid dienone is 3. The molecule has 38 heavy (non-hydrogen) atoms. The molecule has 2 aliphatic rings. The second kappa shape index (κ2) is 9.57. The number of ether oxygens (including phenoxy) is 2. The van der Waals surface area contributed by atoms with Gasteiger partial charge in [0.15, 0.2) is 5.78 Å². The van der Waals surface area contributed by atoms with Crippen molar-refractivity contribution in [2.45, 2.75) is 72.6 Å². The number of carbonyl (C=O) groups is 3. The first-order valence-corrected chi connectivity index (χ1v) is 12.8. The van der Waals surface area contributed by atoms with E-state index in [4.69, 9.17) is 13.9 Å². The number of carbonyl (C=O) groups excluding carboxylic acids is 3. The maximum absolute atomic E-state index is 13.6. The summed E-state index contributed by atoms with van der Waals surface area (Å²) in [6.07, 6.45) is 0.997. The Balaban J connectivity index is 2.06. The Hall–Kier alpha value is -3.68. The fourth-order valence-corrected chi connectivity index (χ4v) is 5.48. The Morgan fingerprint density at radius 1 is 1.11 bits per heavy atom. The van der Waals surface area contributed by atoms with Crippen molar-refractivity contribution in [1.29, 1.82) is 0 Å². The van der Waals surface area contributed by atoms with Crippen molar-refractivity contribution in [3.8, 4) is 0 Å². The van der Waals surface area contributed by atoms with Crippen LogP contribution < -0.4 is 10.9 Å². The molecular weight excluding hydrogens is 486 g/mol. The molecule has 1 N–H and O–H groups in total. The quantitative estimate of drug-likeness (QED) is 0.440. The van der Waals surface area contributed by atoms with Gasteiger partial charge in [-0.25, -0.2) is 14.4 Å². The minimum atomic E-state index is -0.781. The van der Waals surface area contributed by atoms with E-state index in [1.54, 1.807) is 19.9 Å². The van der Waals surface area contributed by atoms with Crippen LogP contribution in [-0.2, 0) is 24.5 Å². The molecule has 2 aromatic rings. The van der Waals surface area contributed by atoms with Crippen LogP contribution in [0.4, 0.5) is 0 Å². The summed E-state index contributed by atoms with van der Waals surface area (Å²) in [4.78, 5) is 51.9. The molecule has 8 heteroatoms. The number of methoxy groups -OCH3 is 1. The number of nitrogens with one attached hydrogen (secondary N) is 1. The van der Waals surface area contributed by atoms with E-state index in [0.29, 0.717) is 51.8 Å². The van der Waals surface area contributed by atoms with Crippen LogP contribution in [0.2, 0.25) is 0 Å². The van der Waals surface area contributed by atoms with Crippen LogP contribution >= 0.6 is 0 Å². The summed E-state index contributed by atoms with van der Waals surface area (Å²) in [5.74, 6) is -2.03. The van der Waals surface area contributed by atoms with Gasteiger partial charge in [-0.15, -0.1) is 0 Å². The molecule has 8 nitrogen and oxygen atoms in total. The molecule has 0 amide bonds. The third-order valence-electron chi connectivity index (χ3n) is 7.14. The van der Waals surface area contributed by atoms with Crippen molar-refractivity contribution < 1.29 is 28.3 Å². The zero-order valence-corrected chi connectivity index (χ0v) is 23.3. The van der Waals surface area contributed by atoms with Crippen molar-refractivity contribution in [2.24, 2.45) is 5.41 Å². The highest BCUT2D eigenvalue weighted by Gasteiger charge is 2.43. The number of hydrogen-bond donors (Lipinski definition) is 1. The average molecular weight is 522 g/mol. The lowest BCUT2D eigenvalue weighted by Crippen LogP contribution is -2.38. The van der Waals surface area contributed by atoms with Gasteiger partial charge in [0.25, 0.3) is 0 Å². The lowest BCUT2D eigenvalue weighted by atomic mass is 9.68.